The van der Waals surface area contributed by atoms with Crippen LogP contribution in [0.1, 0.15) is 16.7 Å². The molecule has 0 unspecified atom stereocenters. The Balaban J connectivity index is 1.50. The zero-order chi connectivity index (χ0) is 19.3. The predicted octanol–water partition coefficient (Wildman–Crippen LogP) is 5.26. The monoisotopic (exact) mass is 389 g/mol. The van der Waals surface area contributed by atoms with Gasteiger partial charge < -0.3 is 9.57 Å². The third-order valence-corrected chi connectivity index (χ3v) is 4.50. The third-order valence-electron chi connectivity index (χ3n) is 4.25. The summed E-state index contributed by atoms with van der Waals surface area (Å²) in [5.41, 5.74) is 3.62. The number of benzene rings is 3. The number of oxime groups is 1. The van der Waals surface area contributed by atoms with Crippen molar-refractivity contribution in [3.8, 4) is 5.75 Å². The van der Waals surface area contributed by atoms with Gasteiger partial charge in [0.2, 0.25) is 0 Å². The summed E-state index contributed by atoms with van der Waals surface area (Å²) in [7, 11) is 0. The van der Waals surface area contributed by atoms with Crippen LogP contribution < -0.4 is 4.74 Å². The number of carbonyl (C=O) groups excluding carboxylic acids is 1. The molecule has 3 aromatic carbocycles. The van der Waals surface area contributed by atoms with Crippen molar-refractivity contribution in [1.29, 1.82) is 0 Å². The highest BCUT2D eigenvalue weighted by atomic mass is 35.5. The molecule has 28 heavy (non-hydrogen) atoms. The van der Waals surface area contributed by atoms with E-state index in [2.05, 4.69) is 5.16 Å². The second kappa shape index (κ2) is 8.11. The Bertz CT molecular complexity index is 1040. The zero-order valence-corrected chi connectivity index (χ0v) is 15.6. The van der Waals surface area contributed by atoms with Crippen molar-refractivity contribution >= 4 is 29.4 Å². The molecule has 0 saturated carbocycles. The van der Waals surface area contributed by atoms with Gasteiger partial charge in [0.15, 0.2) is 0 Å². The maximum Gasteiger partial charge on any atom is 0.368 e. The molecule has 138 valence electrons. The van der Waals surface area contributed by atoms with E-state index in [9.17, 15) is 4.79 Å². The minimum atomic E-state index is -0.477. The van der Waals surface area contributed by atoms with Crippen LogP contribution >= 0.6 is 11.6 Å². The molecule has 1 aliphatic rings. The summed E-state index contributed by atoms with van der Waals surface area (Å²) in [6.07, 6.45) is 1.75. The lowest BCUT2D eigenvalue weighted by Crippen LogP contribution is -2.06. The Kier molecular flexibility index (Phi) is 5.22. The highest BCUT2D eigenvalue weighted by Gasteiger charge is 2.26. The molecule has 4 nitrogen and oxygen atoms in total. The van der Waals surface area contributed by atoms with E-state index in [1.807, 2.05) is 54.6 Å². The van der Waals surface area contributed by atoms with Crippen molar-refractivity contribution in [2.45, 2.75) is 6.61 Å². The molecule has 5 heteroatoms. The van der Waals surface area contributed by atoms with Gasteiger partial charge in [-0.2, -0.15) is 0 Å². The second-order valence-electron chi connectivity index (χ2n) is 6.23. The first-order valence-corrected chi connectivity index (χ1v) is 9.11. The molecular weight excluding hydrogens is 374 g/mol. The molecule has 0 spiro atoms. The molecule has 0 aromatic heterocycles. The SMILES string of the molecule is O=C1ON=C(c2ccc(Cl)cc2)/C1=C/c1ccc(OCc2ccccc2)cc1. The first kappa shape index (κ1) is 18.0. The summed E-state index contributed by atoms with van der Waals surface area (Å²) in [5, 5.41) is 4.52. The van der Waals surface area contributed by atoms with E-state index in [0.717, 1.165) is 22.4 Å². The summed E-state index contributed by atoms with van der Waals surface area (Å²) in [6, 6.07) is 24.6. The summed E-state index contributed by atoms with van der Waals surface area (Å²) in [5.74, 6) is 0.279. The van der Waals surface area contributed by atoms with Gasteiger partial charge in [0, 0.05) is 10.6 Å². The van der Waals surface area contributed by atoms with Crippen LogP contribution in [-0.2, 0) is 16.2 Å². The number of hydrogen-bond acceptors (Lipinski definition) is 4. The van der Waals surface area contributed by atoms with Gasteiger partial charge >= 0.3 is 5.97 Å². The Morgan fingerprint density at radius 1 is 0.929 bits per heavy atom. The fourth-order valence-electron chi connectivity index (χ4n) is 2.79. The van der Waals surface area contributed by atoms with E-state index in [1.165, 1.54) is 0 Å². The molecule has 0 radical (unpaired) electrons. The molecule has 0 atom stereocenters. The molecular formula is C23H16ClNO3. The molecule has 1 aliphatic heterocycles. The number of ether oxygens (including phenoxy) is 1. The second-order valence-corrected chi connectivity index (χ2v) is 6.66. The largest absolute Gasteiger partial charge is 0.489 e. The maximum atomic E-state index is 12.1. The standard InChI is InChI=1S/C23H16ClNO3/c24-19-10-8-18(9-11-19)22-21(23(26)28-25-22)14-16-6-12-20(13-7-16)27-15-17-4-2-1-3-5-17/h1-14H,15H2/b21-14-. The molecule has 0 bridgehead atoms. The quantitative estimate of drug-likeness (QED) is 0.441. The Hall–Kier alpha value is -3.37. The van der Waals surface area contributed by atoms with Crippen LogP contribution in [-0.4, -0.2) is 11.7 Å². The predicted molar refractivity (Wildman–Crippen MR) is 109 cm³/mol. The molecule has 0 saturated heterocycles. The van der Waals surface area contributed by atoms with Gasteiger partial charge in [0.25, 0.3) is 0 Å². The Morgan fingerprint density at radius 2 is 1.64 bits per heavy atom. The van der Waals surface area contributed by atoms with Crippen LogP contribution in [0.2, 0.25) is 5.02 Å². The highest BCUT2D eigenvalue weighted by Crippen LogP contribution is 2.23. The van der Waals surface area contributed by atoms with Crippen LogP contribution in [0.25, 0.3) is 6.08 Å². The van der Waals surface area contributed by atoms with E-state index < -0.39 is 5.97 Å². The summed E-state index contributed by atoms with van der Waals surface area (Å²) in [6.45, 7) is 0.501. The lowest BCUT2D eigenvalue weighted by atomic mass is 10.0. The number of nitrogens with zero attached hydrogens (tertiary/aromatic N) is 1. The van der Waals surface area contributed by atoms with Crippen molar-refractivity contribution in [3.63, 3.8) is 0 Å². The van der Waals surface area contributed by atoms with Crippen molar-refractivity contribution in [2.24, 2.45) is 5.16 Å². The summed E-state index contributed by atoms with van der Waals surface area (Å²) >= 11 is 5.93. The third kappa shape index (κ3) is 4.13. The van der Waals surface area contributed by atoms with Gasteiger partial charge in [-0.05, 0) is 41.5 Å². The number of rotatable bonds is 5. The molecule has 0 aliphatic carbocycles. The lowest BCUT2D eigenvalue weighted by Gasteiger charge is -2.06. The first-order valence-electron chi connectivity index (χ1n) is 8.73. The van der Waals surface area contributed by atoms with Crippen molar-refractivity contribution < 1.29 is 14.4 Å². The zero-order valence-electron chi connectivity index (χ0n) is 14.8. The van der Waals surface area contributed by atoms with Gasteiger partial charge in [-0.3, -0.25) is 0 Å². The van der Waals surface area contributed by atoms with Crippen molar-refractivity contribution in [3.05, 3.63) is 106 Å². The highest BCUT2D eigenvalue weighted by molar-refractivity contribution is 6.32. The van der Waals surface area contributed by atoms with Crippen LogP contribution in [0, 0.1) is 0 Å². The fraction of sp³-hybridized carbons (Fsp3) is 0.0435. The number of halogens is 1. The summed E-state index contributed by atoms with van der Waals surface area (Å²) < 4.78 is 5.79. The molecule has 4 rings (SSSR count). The van der Waals surface area contributed by atoms with Gasteiger partial charge in [0.05, 0.1) is 5.57 Å². The van der Waals surface area contributed by atoms with Crippen LogP contribution in [0.5, 0.6) is 5.75 Å². The lowest BCUT2D eigenvalue weighted by molar-refractivity contribution is -0.136. The van der Waals surface area contributed by atoms with E-state index >= 15 is 0 Å². The van der Waals surface area contributed by atoms with Gasteiger partial charge in [0.1, 0.15) is 18.1 Å². The molecule has 3 aromatic rings. The topological polar surface area (TPSA) is 47.9 Å². The van der Waals surface area contributed by atoms with Gasteiger partial charge in [-0.15, -0.1) is 0 Å². The van der Waals surface area contributed by atoms with Gasteiger partial charge in [-0.1, -0.05) is 71.4 Å². The average molecular weight is 390 g/mol. The Morgan fingerprint density at radius 3 is 2.36 bits per heavy atom. The van der Waals surface area contributed by atoms with E-state index in [1.54, 1.807) is 30.3 Å². The van der Waals surface area contributed by atoms with Crippen LogP contribution in [0.15, 0.2) is 89.6 Å². The van der Waals surface area contributed by atoms with E-state index in [4.69, 9.17) is 21.2 Å². The smallest absolute Gasteiger partial charge is 0.368 e. The average Bonchev–Trinajstić information content (AvgIpc) is 3.09. The number of carbonyl (C=O) groups is 1. The van der Waals surface area contributed by atoms with E-state index in [-0.39, 0.29) is 0 Å². The molecule has 0 amide bonds. The normalized spacial score (nSPS) is 14.7. The van der Waals surface area contributed by atoms with Crippen LogP contribution in [0.3, 0.4) is 0 Å². The summed E-state index contributed by atoms with van der Waals surface area (Å²) in [4.78, 5) is 17.0. The van der Waals surface area contributed by atoms with Crippen LogP contribution in [0.4, 0.5) is 0 Å². The Labute approximate surface area is 167 Å². The molecule has 1 heterocycles. The minimum absolute atomic E-state index is 0.403. The maximum absolute atomic E-state index is 12.1. The van der Waals surface area contributed by atoms with E-state index in [0.29, 0.717) is 22.9 Å². The van der Waals surface area contributed by atoms with Gasteiger partial charge in [-0.25, -0.2) is 4.79 Å². The first-order chi connectivity index (χ1) is 13.7. The number of hydrogen-bond donors (Lipinski definition) is 0. The molecule has 0 N–H and O–H groups in total. The van der Waals surface area contributed by atoms with Crippen molar-refractivity contribution in [1.82, 2.24) is 0 Å². The minimum Gasteiger partial charge on any atom is -0.489 e. The van der Waals surface area contributed by atoms with Crippen molar-refractivity contribution in [2.75, 3.05) is 0 Å². The molecule has 0 fully saturated rings. The fourth-order valence-corrected chi connectivity index (χ4v) is 2.92.